The van der Waals surface area contributed by atoms with Crippen LogP contribution >= 0.6 is 0 Å². The molecule has 0 amide bonds. The first kappa shape index (κ1) is 20.0. The zero-order valence-electron chi connectivity index (χ0n) is 15.7. The molecular weight excluding hydrogens is 347 g/mol. The van der Waals surface area contributed by atoms with Gasteiger partial charge in [-0.05, 0) is 56.3 Å². The molecule has 0 aromatic heterocycles. The Hall–Kier alpha value is -1.79. The molecule has 0 spiro atoms. The first-order valence-electron chi connectivity index (χ1n) is 10.1. The molecule has 2 atom stereocenters. The van der Waals surface area contributed by atoms with Gasteiger partial charge in [0.15, 0.2) is 0 Å². The number of likely N-dealkylation sites (tertiary alicyclic amines) is 1. The van der Waals surface area contributed by atoms with Gasteiger partial charge in [-0.1, -0.05) is 37.8 Å². The minimum atomic E-state index is -0.939. The van der Waals surface area contributed by atoms with Crippen molar-refractivity contribution in [2.24, 2.45) is 5.73 Å². The van der Waals surface area contributed by atoms with Crippen LogP contribution in [-0.2, 0) is 20.7 Å². The van der Waals surface area contributed by atoms with E-state index in [1.807, 2.05) is 0 Å². The number of hydrogen-bond donors (Lipinski definition) is 1. The maximum atomic E-state index is 13.0. The van der Waals surface area contributed by atoms with Crippen LogP contribution in [0.25, 0.3) is 0 Å². The molecule has 1 saturated heterocycles. The molecule has 0 bridgehead atoms. The highest BCUT2D eigenvalue weighted by molar-refractivity contribution is 5.91. The first-order valence-corrected chi connectivity index (χ1v) is 10.1. The number of carbonyl (C=O) groups excluding carboxylic acids is 2. The molecule has 1 aliphatic carbocycles. The Bertz CT molecular complexity index is 643. The van der Waals surface area contributed by atoms with Gasteiger partial charge >= 0.3 is 11.9 Å². The lowest BCUT2D eigenvalue weighted by Crippen LogP contribution is -2.52. The summed E-state index contributed by atoms with van der Waals surface area (Å²) in [6.07, 6.45) is 8.88. The van der Waals surface area contributed by atoms with Crippen LogP contribution in [0, 0.1) is 5.82 Å². The second kappa shape index (κ2) is 9.42. The Kier molecular flexibility index (Phi) is 6.96. The number of carbonyl (C=O) groups is 2. The average Bonchev–Trinajstić information content (AvgIpc) is 2.70. The van der Waals surface area contributed by atoms with E-state index >= 15 is 0 Å². The molecule has 6 heteroatoms. The van der Waals surface area contributed by atoms with Crippen molar-refractivity contribution in [3.05, 3.63) is 35.6 Å². The van der Waals surface area contributed by atoms with Gasteiger partial charge in [0.1, 0.15) is 17.9 Å². The Morgan fingerprint density at radius 1 is 1.07 bits per heavy atom. The molecule has 1 unspecified atom stereocenters. The summed E-state index contributed by atoms with van der Waals surface area (Å²) in [6.45, 7) is 0.889. The zero-order valence-corrected chi connectivity index (χ0v) is 15.7. The minimum absolute atomic E-state index is 0.212. The monoisotopic (exact) mass is 376 g/mol. The summed E-state index contributed by atoms with van der Waals surface area (Å²) < 4.78 is 18.1. The SMILES string of the molecule is N[C@@H](Cc1ccc(F)cc1)C(=O)OC(=O)C1CCCCN1C1CCCCC1. The maximum absolute atomic E-state index is 13.0. The standard InChI is InChI=1S/C21H29FN2O3/c22-16-11-9-15(10-12-16)14-18(23)20(25)27-21(26)19-8-4-5-13-24(19)17-6-2-1-3-7-17/h9-12,17-19H,1-8,13-14,23H2/t18-,19?/m0/s1. The predicted octanol–water partition coefficient (Wildman–Crippen LogP) is 2.95. The van der Waals surface area contributed by atoms with E-state index in [1.165, 1.54) is 31.4 Å². The number of ether oxygens (including phenoxy) is 1. The topological polar surface area (TPSA) is 72.6 Å². The van der Waals surface area contributed by atoms with Gasteiger partial charge in [0, 0.05) is 6.04 Å². The van der Waals surface area contributed by atoms with Gasteiger partial charge in [-0.2, -0.15) is 0 Å². The number of rotatable bonds is 5. The third kappa shape index (κ3) is 5.36. The van der Waals surface area contributed by atoms with Gasteiger partial charge in [-0.25, -0.2) is 14.0 Å². The van der Waals surface area contributed by atoms with E-state index in [2.05, 4.69) is 4.90 Å². The molecular formula is C21H29FN2O3. The highest BCUT2D eigenvalue weighted by Crippen LogP contribution is 2.29. The molecule has 148 valence electrons. The number of hydrogen-bond acceptors (Lipinski definition) is 5. The lowest BCUT2D eigenvalue weighted by Gasteiger charge is -2.41. The molecule has 3 rings (SSSR count). The van der Waals surface area contributed by atoms with Gasteiger partial charge < -0.3 is 10.5 Å². The zero-order chi connectivity index (χ0) is 19.2. The van der Waals surface area contributed by atoms with Gasteiger partial charge in [-0.3, -0.25) is 4.90 Å². The van der Waals surface area contributed by atoms with Crippen LogP contribution in [0.5, 0.6) is 0 Å². The molecule has 1 aliphatic heterocycles. The van der Waals surface area contributed by atoms with E-state index in [9.17, 15) is 14.0 Å². The summed E-state index contributed by atoms with van der Waals surface area (Å²) in [6, 6.07) is 4.94. The van der Waals surface area contributed by atoms with E-state index in [4.69, 9.17) is 10.5 Å². The fraction of sp³-hybridized carbons (Fsp3) is 0.619. The lowest BCUT2D eigenvalue weighted by atomic mass is 9.90. The molecule has 2 fully saturated rings. The van der Waals surface area contributed by atoms with Gasteiger partial charge in [-0.15, -0.1) is 0 Å². The van der Waals surface area contributed by atoms with Gasteiger partial charge in [0.25, 0.3) is 0 Å². The fourth-order valence-corrected chi connectivity index (χ4v) is 4.26. The van der Waals surface area contributed by atoms with Crippen molar-refractivity contribution < 1.29 is 18.7 Å². The maximum Gasteiger partial charge on any atom is 0.331 e. The van der Waals surface area contributed by atoms with Gasteiger partial charge in [0.2, 0.25) is 0 Å². The minimum Gasteiger partial charge on any atom is -0.391 e. The Labute approximate surface area is 160 Å². The van der Waals surface area contributed by atoms with Crippen molar-refractivity contribution in [1.82, 2.24) is 4.90 Å². The molecule has 27 heavy (non-hydrogen) atoms. The van der Waals surface area contributed by atoms with Crippen LogP contribution in [0.4, 0.5) is 4.39 Å². The molecule has 1 heterocycles. The van der Waals surface area contributed by atoms with Crippen molar-refractivity contribution in [1.29, 1.82) is 0 Å². The normalized spacial score (nSPS) is 23.0. The fourth-order valence-electron chi connectivity index (χ4n) is 4.26. The van der Waals surface area contributed by atoms with Crippen molar-refractivity contribution in [3.63, 3.8) is 0 Å². The summed E-state index contributed by atoms with van der Waals surface area (Å²) >= 11 is 0. The van der Waals surface area contributed by atoms with Crippen LogP contribution in [-0.4, -0.2) is 41.5 Å². The number of piperidine rings is 1. The summed E-state index contributed by atoms with van der Waals surface area (Å²) in [4.78, 5) is 27.2. The van der Waals surface area contributed by atoms with Crippen LogP contribution < -0.4 is 5.73 Å². The number of esters is 2. The van der Waals surface area contributed by atoms with E-state index in [-0.39, 0.29) is 18.3 Å². The average molecular weight is 376 g/mol. The van der Waals surface area contributed by atoms with Crippen molar-refractivity contribution >= 4 is 11.9 Å². The summed E-state index contributed by atoms with van der Waals surface area (Å²) in [7, 11) is 0. The third-order valence-corrected chi connectivity index (χ3v) is 5.73. The van der Waals surface area contributed by atoms with Crippen LogP contribution in [0.2, 0.25) is 0 Å². The second-order valence-electron chi connectivity index (χ2n) is 7.72. The molecule has 0 radical (unpaired) electrons. The quantitative estimate of drug-likeness (QED) is 0.632. The Balaban J connectivity index is 1.56. The number of halogens is 1. The van der Waals surface area contributed by atoms with Crippen molar-refractivity contribution in [2.45, 2.75) is 75.9 Å². The third-order valence-electron chi connectivity index (χ3n) is 5.73. The number of benzene rings is 1. The van der Waals surface area contributed by atoms with E-state index in [1.54, 1.807) is 12.1 Å². The molecule has 5 nitrogen and oxygen atoms in total. The summed E-state index contributed by atoms with van der Waals surface area (Å²) in [5.74, 6) is -1.52. The van der Waals surface area contributed by atoms with Crippen LogP contribution in [0.15, 0.2) is 24.3 Å². The highest BCUT2D eigenvalue weighted by Gasteiger charge is 2.36. The highest BCUT2D eigenvalue weighted by atomic mass is 19.1. The van der Waals surface area contributed by atoms with E-state index in [0.29, 0.717) is 6.04 Å². The smallest absolute Gasteiger partial charge is 0.331 e. The first-order chi connectivity index (χ1) is 13.0. The predicted molar refractivity (Wildman–Crippen MR) is 100 cm³/mol. The number of nitrogens with zero attached hydrogens (tertiary/aromatic N) is 1. The van der Waals surface area contributed by atoms with E-state index in [0.717, 1.165) is 44.2 Å². The van der Waals surface area contributed by atoms with Crippen molar-refractivity contribution in [2.75, 3.05) is 6.54 Å². The van der Waals surface area contributed by atoms with E-state index < -0.39 is 18.0 Å². The summed E-state index contributed by atoms with van der Waals surface area (Å²) in [5, 5.41) is 0. The molecule has 1 saturated carbocycles. The molecule has 1 aromatic carbocycles. The van der Waals surface area contributed by atoms with Crippen LogP contribution in [0.3, 0.4) is 0 Å². The number of nitrogens with two attached hydrogens (primary N) is 1. The largest absolute Gasteiger partial charge is 0.391 e. The lowest BCUT2D eigenvalue weighted by molar-refractivity contribution is -0.166. The Morgan fingerprint density at radius 2 is 1.74 bits per heavy atom. The Morgan fingerprint density at radius 3 is 2.44 bits per heavy atom. The second-order valence-corrected chi connectivity index (χ2v) is 7.72. The molecule has 1 aromatic rings. The molecule has 2 aliphatic rings. The molecule has 2 N–H and O–H groups in total. The summed E-state index contributed by atoms with van der Waals surface area (Å²) in [5.41, 5.74) is 6.64. The van der Waals surface area contributed by atoms with Crippen molar-refractivity contribution in [3.8, 4) is 0 Å². The van der Waals surface area contributed by atoms with Gasteiger partial charge in [0.05, 0.1) is 0 Å². The van der Waals surface area contributed by atoms with Crippen LogP contribution in [0.1, 0.15) is 56.9 Å².